The lowest BCUT2D eigenvalue weighted by molar-refractivity contribution is 0.0784. The third-order valence-electron chi connectivity index (χ3n) is 4.46. The molecule has 0 aliphatic heterocycles. The van der Waals surface area contributed by atoms with E-state index in [2.05, 4.69) is 9.55 Å². The van der Waals surface area contributed by atoms with E-state index in [0.717, 1.165) is 28.2 Å². The third-order valence-corrected chi connectivity index (χ3v) is 4.46. The van der Waals surface area contributed by atoms with Crippen LogP contribution in [0.2, 0.25) is 0 Å². The molecule has 0 aliphatic rings. The smallest absolute Gasteiger partial charge is 0.255 e. The number of nitrogens with zero attached hydrogens (tertiary/aromatic N) is 3. The molecule has 0 saturated heterocycles. The molecule has 0 atom stereocenters. The van der Waals surface area contributed by atoms with Crippen molar-refractivity contribution >= 4 is 5.91 Å². The Morgan fingerprint density at radius 3 is 2.48 bits per heavy atom. The molecule has 128 valence electrons. The lowest BCUT2D eigenvalue weighted by Crippen LogP contribution is -2.26. The highest BCUT2D eigenvalue weighted by molar-refractivity contribution is 5.95. The highest BCUT2D eigenvalue weighted by Crippen LogP contribution is 2.19. The van der Waals surface area contributed by atoms with Gasteiger partial charge in [0.15, 0.2) is 0 Å². The van der Waals surface area contributed by atoms with Gasteiger partial charge in [-0.25, -0.2) is 0 Å². The molecule has 0 saturated carbocycles. The first kappa shape index (κ1) is 17.0. The Hall–Kier alpha value is -2.88. The number of carbonyl (C=O) groups is 1. The van der Waals surface area contributed by atoms with Gasteiger partial charge in [0.25, 0.3) is 5.91 Å². The summed E-state index contributed by atoms with van der Waals surface area (Å²) in [5, 5.41) is 0. The second kappa shape index (κ2) is 7.34. The molecule has 0 radical (unpaired) electrons. The molecule has 1 aromatic carbocycles. The molecule has 4 heteroatoms. The summed E-state index contributed by atoms with van der Waals surface area (Å²) in [6.45, 7) is 5.31. The van der Waals surface area contributed by atoms with Crippen molar-refractivity contribution in [3.63, 3.8) is 0 Å². The van der Waals surface area contributed by atoms with Crippen molar-refractivity contribution in [1.82, 2.24) is 14.5 Å². The van der Waals surface area contributed by atoms with Gasteiger partial charge in [0, 0.05) is 31.2 Å². The summed E-state index contributed by atoms with van der Waals surface area (Å²) in [6, 6.07) is 17.9. The second-order valence-electron chi connectivity index (χ2n) is 6.34. The first-order valence-electron chi connectivity index (χ1n) is 8.42. The second-order valence-corrected chi connectivity index (χ2v) is 6.34. The normalized spacial score (nSPS) is 10.7. The molecule has 2 heterocycles. The summed E-state index contributed by atoms with van der Waals surface area (Å²) < 4.78 is 2.14. The van der Waals surface area contributed by atoms with E-state index in [-0.39, 0.29) is 5.91 Å². The van der Waals surface area contributed by atoms with Crippen LogP contribution >= 0.6 is 0 Å². The molecule has 0 fully saturated rings. The molecular weight excluding hydrogens is 310 g/mol. The number of rotatable bonds is 5. The Balaban J connectivity index is 1.80. The zero-order valence-electron chi connectivity index (χ0n) is 14.9. The molecule has 0 N–H and O–H groups in total. The Morgan fingerprint density at radius 1 is 1.08 bits per heavy atom. The van der Waals surface area contributed by atoms with Crippen LogP contribution in [0.4, 0.5) is 0 Å². The Labute approximate surface area is 148 Å². The van der Waals surface area contributed by atoms with Crippen molar-refractivity contribution in [2.45, 2.75) is 26.9 Å². The molecule has 0 spiro atoms. The number of aromatic nitrogens is 2. The van der Waals surface area contributed by atoms with Gasteiger partial charge in [-0.15, -0.1) is 0 Å². The van der Waals surface area contributed by atoms with Crippen LogP contribution in [-0.2, 0) is 13.1 Å². The predicted octanol–water partition coefficient (Wildman–Crippen LogP) is 3.82. The highest BCUT2D eigenvalue weighted by atomic mass is 16.2. The minimum Gasteiger partial charge on any atom is -0.342 e. The van der Waals surface area contributed by atoms with Crippen molar-refractivity contribution in [1.29, 1.82) is 0 Å². The number of hydrogen-bond acceptors (Lipinski definition) is 2. The van der Waals surface area contributed by atoms with Crippen LogP contribution in [0.1, 0.15) is 33.0 Å². The summed E-state index contributed by atoms with van der Waals surface area (Å²) in [7, 11) is 1.85. The van der Waals surface area contributed by atoms with E-state index in [4.69, 9.17) is 0 Å². The minimum atomic E-state index is 0.0456. The fourth-order valence-corrected chi connectivity index (χ4v) is 3.05. The summed E-state index contributed by atoms with van der Waals surface area (Å²) in [6.07, 6.45) is 1.79. The van der Waals surface area contributed by atoms with Crippen molar-refractivity contribution in [3.05, 3.63) is 89.0 Å². The van der Waals surface area contributed by atoms with Gasteiger partial charge in [-0.3, -0.25) is 9.78 Å². The van der Waals surface area contributed by atoms with Gasteiger partial charge in [-0.1, -0.05) is 36.4 Å². The Morgan fingerprint density at radius 2 is 1.80 bits per heavy atom. The number of hydrogen-bond donors (Lipinski definition) is 0. The molecule has 2 aromatic heterocycles. The molecule has 3 aromatic rings. The zero-order valence-corrected chi connectivity index (χ0v) is 14.9. The molecule has 25 heavy (non-hydrogen) atoms. The zero-order chi connectivity index (χ0) is 17.8. The van der Waals surface area contributed by atoms with Crippen LogP contribution in [0.15, 0.2) is 60.8 Å². The van der Waals surface area contributed by atoms with E-state index >= 15 is 0 Å². The largest absolute Gasteiger partial charge is 0.342 e. The monoisotopic (exact) mass is 333 g/mol. The number of amides is 1. The van der Waals surface area contributed by atoms with Gasteiger partial charge >= 0.3 is 0 Å². The van der Waals surface area contributed by atoms with Crippen LogP contribution in [0.5, 0.6) is 0 Å². The van der Waals surface area contributed by atoms with Crippen LogP contribution in [0.25, 0.3) is 0 Å². The summed E-state index contributed by atoms with van der Waals surface area (Å²) >= 11 is 0. The molecule has 1 amide bonds. The van der Waals surface area contributed by atoms with E-state index in [1.807, 2.05) is 75.5 Å². The fraction of sp³-hybridized carbons (Fsp3) is 0.238. The topological polar surface area (TPSA) is 38.1 Å². The lowest BCUT2D eigenvalue weighted by atomic mass is 10.2. The average molecular weight is 333 g/mol. The molecule has 0 bridgehead atoms. The van der Waals surface area contributed by atoms with Gasteiger partial charge in [0.1, 0.15) is 0 Å². The van der Waals surface area contributed by atoms with E-state index in [1.54, 1.807) is 11.1 Å². The molecular formula is C21H23N3O. The highest BCUT2D eigenvalue weighted by Gasteiger charge is 2.19. The average Bonchev–Trinajstić information content (AvgIpc) is 2.91. The third kappa shape index (κ3) is 3.79. The number of benzene rings is 1. The predicted molar refractivity (Wildman–Crippen MR) is 99.5 cm³/mol. The van der Waals surface area contributed by atoms with E-state index in [0.29, 0.717) is 13.1 Å². The fourth-order valence-electron chi connectivity index (χ4n) is 3.05. The van der Waals surface area contributed by atoms with Crippen molar-refractivity contribution in [2.24, 2.45) is 0 Å². The maximum atomic E-state index is 12.9. The van der Waals surface area contributed by atoms with Crippen molar-refractivity contribution < 1.29 is 4.79 Å². The maximum absolute atomic E-state index is 12.9. The Kier molecular flexibility index (Phi) is 4.98. The Bertz CT molecular complexity index is 854. The molecule has 0 unspecified atom stereocenters. The van der Waals surface area contributed by atoms with Crippen molar-refractivity contribution in [2.75, 3.05) is 7.05 Å². The van der Waals surface area contributed by atoms with Gasteiger partial charge in [0.05, 0.1) is 17.8 Å². The number of pyridine rings is 1. The van der Waals surface area contributed by atoms with E-state index in [1.165, 1.54) is 0 Å². The standard InChI is InChI=1S/C21H23N3O/c1-16-13-20(17(2)24(16)15-19-11-7-8-12-22-19)21(25)23(3)14-18-9-5-4-6-10-18/h4-13H,14-15H2,1-3H3. The molecule has 0 aliphatic carbocycles. The van der Waals surface area contributed by atoms with Gasteiger partial charge < -0.3 is 9.47 Å². The lowest BCUT2D eigenvalue weighted by Gasteiger charge is -2.17. The van der Waals surface area contributed by atoms with Crippen LogP contribution in [0.3, 0.4) is 0 Å². The first-order valence-corrected chi connectivity index (χ1v) is 8.42. The summed E-state index contributed by atoms with van der Waals surface area (Å²) in [4.78, 5) is 19.0. The number of aryl methyl sites for hydroxylation is 1. The summed E-state index contributed by atoms with van der Waals surface area (Å²) in [5.41, 5.74) is 4.92. The SMILES string of the molecule is Cc1cc(C(=O)N(C)Cc2ccccc2)c(C)n1Cc1ccccn1. The number of carbonyl (C=O) groups excluding carboxylic acids is 1. The molecule has 4 nitrogen and oxygen atoms in total. The van der Waals surface area contributed by atoms with E-state index < -0.39 is 0 Å². The van der Waals surface area contributed by atoms with Crippen LogP contribution in [-0.4, -0.2) is 27.4 Å². The van der Waals surface area contributed by atoms with Crippen LogP contribution in [0, 0.1) is 13.8 Å². The quantitative estimate of drug-likeness (QED) is 0.712. The summed E-state index contributed by atoms with van der Waals surface area (Å²) in [5.74, 6) is 0.0456. The van der Waals surface area contributed by atoms with E-state index in [9.17, 15) is 4.79 Å². The molecule has 3 rings (SSSR count). The van der Waals surface area contributed by atoms with Crippen molar-refractivity contribution in [3.8, 4) is 0 Å². The van der Waals surface area contributed by atoms with Gasteiger partial charge in [-0.2, -0.15) is 0 Å². The van der Waals surface area contributed by atoms with Gasteiger partial charge in [-0.05, 0) is 37.6 Å². The maximum Gasteiger partial charge on any atom is 0.255 e. The minimum absolute atomic E-state index is 0.0456. The van der Waals surface area contributed by atoms with Gasteiger partial charge in [0.2, 0.25) is 0 Å². The van der Waals surface area contributed by atoms with Crippen LogP contribution < -0.4 is 0 Å². The first-order chi connectivity index (χ1) is 12.1.